The molecular formula is C10H15N3O. The molecule has 76 valence electrons. The van der Waals surface area contributed by atoms with Gasteiger partial charge in [-0.05, 0) is 18.3 Å². The van der Waals surface area contributed by atoms with E-state index in [2.05, 4.69) is 23.8 Å². The van der Waals surface area contributed by atoms with Gasteiger partial charge < -0.3 is 10.7 Å². The van der Waals surface area contributed by atoms with Crippen molar-refractivity contribution in [2.24, 2.45) is 11.1 Å². The summed E-state index contributed by atoms with van der Waals surface area (Å²) in [5.74, 6) is 0. The minimum Gasteiger partial charge on any atom is -0.324 e. The number of nitrogens with one attached hydrogen (secondary N) is 1. The monoisotopic (exact) mass is 193 g/mol. The zero-order valence-electron chi connectivity index (χ0n) is 8.50. The molecule has 1 atom stereocenters. The Balaban J connectivity index is 2.51. The van der Waals surface area contributed by atoms with Gasteiger partial charge in [0.05, 0.1) is 0 Å². The van der Waals surface area contributed by atoms with Crippen LogP contribution in [0, 0.1) is 5.41 Å². The SMILES string of the molecule is CC1(C)Cc2[nH]c(=O)ncc2C(N)C1. The number of hydrogen-bond donors (Lipinski definition) is 2. The van der Waals surface area contributed by atoms with Gasteiger partial charge >= 0.3 is 5.69 Å². The molecule has 2 rings (SSSR count). The summed E-state index contributed by atoms with van der Waals surface area (Å²) < 4.78 is 0. The summed E-state index contributed by atoms with van der Waals surface area (Å²) in [7, 11) is 0. The normalized spacial score (nSPS) is 24.4. The molecule has 1 unspecified atom stereocenters. The molecule has 4 heteroatoms. The highest BCUT2D eigenvalue weighted by Gasteiger charge is 2.30. The van der Waals surface area contributed by atoms with E-state index in [1.54, 1.807) is 6.20 Å². The summed E-state index contributed by atoms with van der Waals surface area (Å²) in [6.45, 7) is 4.32. The molecule has 0 radical (unpaired) electrons. The van der Waals surface area contributed by atoms with Gasteiger partial charge in [-0.15, -0.1) is 0 Å². The molecule has 0 amide bonds. The summed E-state index contributed by atoms with van der Waals surface area (Å²) in [5.41, 5.74) is 7.83. The first-order valence-electron chi connectivity index (χ1n) is 4.82. The minimum absolute atomic E-state index is 0.00176. The first-order valence-corrected chi connectivity index (χ1v) is 4.82. The fraction of sp³-hybridized carbons (Fsp3) is 0.600. The van der Waals surface area contributed by atoms with Crippen molar-refractivity contribution in [3.63, 3.8) is 0 Å². The molecule has 1 aromatic rings. The van der Waals surface area contributed by atoms with Crippen molar-refractivity contribution < 1.29 is 0 Å². The molecule has 0 spiro atoms. The summed E-state index contributed by atoms with van der Waals surface area (Å²) in [6, 6.07) is -0.00176. The number of fused-ring (bicyclic) bond motifs is 1. The van der Waals surface area contributed by atoms with Gasteiger partial charge in [0.2, 0.25) is 0 Å². The fourth-order valence-corrected chi connectivity index (χ4v) is 2.16. The maximum atomic E-state index is 11.1. The lowest BCUT2D eigenvalue weighted by Crippen LogP contribution is -2.32. The standard InChI is InChI=1S/C10H15N3O/c1-10(2)3-7(11)6-5-12-9(14)13-8(6)4-10/h5,7H,3-4,11H2,1-2H3,(H,12,13,14). The molecule has 0 bridgehead atoms. The maximum Gasteiger partial charge on any atom is 0.345 e. The van der Waals surface area contributed by atoms with Crippen LogP contribution in [0.5, 0.6) is 0 Å². The second-order valence-corrected chi connectivity index (χ2v) is 4.77. The predicted molar refractivity (Wildman–Crippen MR) is 53.9 cm³/mol. The zero-order chi connectivity index (χ0) is 10.3. The number of nitrogens with two attached hydrogens (primary N) is 1. The van der Waals surface area contributed by atoms with Crippen LogP contribution in [-0.2, 0) is 6.42 Å². The van der Waals surface area contributed by atoms with Crippen molar-refractivity contribution in [1.29, 1.82) is 0 Å². The number of aromatic nitrogens is 2. The van der Waals surface area contributed by atoms with Gasteiger partial charge in [-0.25, -0.2) is 9.78 Å². The molecule has 14 heavy (non-hydrogen) atoms. The maximum absolute atomic E-state index is 11.1. The molecule has 1 heterocycles. The fourth-order valence-electron chi connectivity index (χ4n) is 2.16. The topological polar surface area (TPSA) is 71.8 Å². The molecule has 0 aliphatic heterocycles. The van der Waals surface area contributed by atoms with Crippen LogP contribution in [0.2, 0.25) is 0 Å². The Hall–Kier alpha value is -1.16. The van der Waals surface area contributed by atoms with E-state index in [1.165, 1.54) is 0 Å². The van der Waals surface area contributed by atoms with Crippen LogP contribution in [0.3, 0.4) is 0 Å². The third-order valence-corrected chi connectivity index (χ3v) is 2.75. The minimum atomic E-state index is -0.284. The Morgan fingerprint density at radius 3 is 3.07 bits per heavy atom. The van der Waals surface area contributed by atoms with Crippen LogP contribution in [0.1, 0.15) is 37.6 Å². The molecule has 4 nitrogen and oxygen atoms in total. The van der Waals surface area contributed by atoms with Gasteiger partial charge in [0.1, 0.15) is 0 Å². The highest BCUT2D eigenvalue weighted by molar-refractivity contribution is 5.24. The second-order valence-electron chi connectivity index (χ2n) is 4.77. The molecule has 0 fully saturated rings. The number of hydrogen-bond acceptors (Lipinski definition) is 3. The molecule has 1 aliphatic carbocycles. The van der Waals surface area contributed by atoms with Crippen molar-refractivity contribution in [1.82, 2.24) is 9.97 Å². The number of H-pyrrole nitrogens is 1. The molecule has 1 aliphatic rings. The third kappa shape index (κ3) is 1.57. The van der Waals surface area contributed by atoms with Crippen LogP contribution in [-0.4, -0.2) is 9.97 Å². The molecule has 0 saturated heterocycles. The van der Waals surface area contributed by atoms with Gasteiger partial charge in [-0.3, -0.25) is 0 Å². The number of rotatable bonds is 0. The molecule has 0 aromatic carbocycles. The van der Waals surface area contributed by atoms with Crippen LogP contribution >= 0.6 is 0 Å². The third-order valence-electron chi connectivity index (χ3n) is 2.75. The smallest absolute Gasteiger partial charge is 0.324 e. The van der Waals surface area contributed by atoms with E-state index in [4.69, 9.17) is 5.73 Å². The van der Waals surface area contributed by atoms with E-state index in [0.29, 0.717) is 0 Å². The first-order chi connectivity index (χ1) is 6.48. The van der Waals surface area contributed by atoms with Gasteiger partial charge in [0.15, 0.2) is 0 Å². The van der Waals surface area contributed by atoms with Crippen molar-refractivity contribution >= 4 is 0 Å². The van der Waals surface area contributed by atoms with E-state index < -0.39 is 0 Å². The Bertz CT molecular complexity index is 408. The van der Waals surface area contributed by atoms with Crippen LogP contribution < -0.4 is 11.4 Å². The van der Waals surface area contributed by atoms with Crippen LogP contribution in [0.25, 0.3) is 0 Å². The van der Waals surface area contributed by atoms with Gasteiger partial charge in [0.25, 0.3) is 0 Å². The van der Waals surface area contributed by atoms with Crippen molar-refractivity contribution in [2.45, 2.75) is 32.7 Å². The molecule has 1 aromatic heterocycles. The number of aromatic amines is 1. The largest absolute Gasteiger partial charge is 0.345 e. The highest BCUT2D eigenvalue weighted by atomic mass is 16.1. The molecule has 0 saturated carbocycles. The molecule has 3 N–H and O–H groups in total. The van der Waals surface area contributed by atoms with Gasteiger partial charge in [-0.2, -0.15) is 0 Å². The quantitative estimate of drug-likeness (QED) is 0.638. The zero-order valence-corrected chi connectivity index (χ0v) is 8.50. The van der Waals surface area contributed by atoms with E-state index in [-0.39, 0.29) is 17.1 Å². The lowest BCUT2D eigenvalue weighted by Gasteiger charge is -2.34. The van der Waals surface area contributed by atoms with Crippen LogP contribution in [0.4, 0.5) is 0 Å². The summed E-state index contributed by atoms with van der Waals surface area (Å²) in [5, 5.41) is 0. The average Bonchev–Trinajstić information content (AvgIpc) is 2.00. The Labute approximate surface area is 82.6 Å². The van der Waals surface area contributed by atoms with Gasteiger partial charge in [-0.1, -0.05) is 13.8 Å². The van der Waals surface area contributed by atoms with Gasteiger partial charge in [0, 0.05) is 23.5 Å². The molecular weight excluding hydrogens is 178 g/mol. The lowest BCUT2D eigenvalue weighted by atomic mass is 9.74. The first kappa shape index (κ1) is 9.40. The summed E-state index contributed by atoms with van der Waals surface area (Å²) >= 11 is 0. The van der Waals surface area contributed by atoms with E-state index >= 15 is 0 Å². The van der Waals surface area contributed by atoms with Crippen molar-refractivity contribution in [3.05, 3.63) is 27.9 Å². The van der Waals surface area contributed by atoms with E-state index in [1.807, 2.05) is 0 Å². The average molecular weight is 193 g/mol. The Kier molecular flexibility index (Phi) is 1.96. The number of nitrogens with zero attached hydrogens (tertiary/aromatic N) is 1. The predicted octanol–water partition coefficient (Wildman–Crippen LogP) is 0.742. The summed E-state index contributed by atoms with van der Waals surface area (Å²) in [6.07, 6.45) is 3.41. The highest BCUT2D eigenvalue weighted by Crippen LogP contribution is 2.37. The lowest BCUT2D eigenvalue weighted by molar-refractivity contribution is 0.277. The van der Waals surface area contributed by atoms with Crippen molar-refractivity contribution in [3.8, 4) is 0 Å². The van der Waals surface area contributed by atoms with E-state index in [9.17, 15) is 4.79 Å². The Morgan fingerprint density at radius 1 is 1.64 bits per heavy atom. The second kappa shape index (κ2) is 2.92. The van der Waals surface area contributed by atoms with Crippen LogP contribution in [0.15, 0.2) is 11.0 Å². The summed E-state index contributed by atoms with van der Waals surface area (Å²) in [4.78, 5) is 17.5. The Morgan fingerprint density at radius 2 is 2.36 bits per heavy atom. The van der Waals surface area contributed by atoms with E-state index in [0.717, 1.165) is 24.1 Å². The van der Waals surface area contributed by atoms with Crippen molar-refractivity contribution in [2.75, 3.05) is 0 Å².